The van der Waals surface area contributed by atoms with Crippen LogP contribution in [0.25, 0.3) is 0 Å². The molecule has 64 valence electrons. The van der Waals surface area contributed by atoms with E-state index >= 15 is 0 Å². The molecule has 3 N–H and O–H groups in total. The van der Waals surface area contributed by atoms with Crippen LogP contribution < -0.4 is 0 Å². The monoisotopic (exact) mass is 160 g/mol. The standard InChI is InChI=1S/C7H12O4/c8-2-4-1-5(7(10)11)6(4)3-9/h4-6,8-9H,1-3H2,(H,10,11)/t4-,5+,6-/m1/s1. The third-order valence-corrected chi connectivity index (χ3v) is 2.44. The zero-order valence-electron chi connectivity index (χ0n) is 6.10. The molecule has 0 heterocycles. The van der Waals surface area contributed by atoms with Crippen LogP contribution in [0.4, 0.5) is 0 Å². The molecule has 1 fully saturated rings. The molecule has 0 spiro atoms. The van der Waals surface area contributed by atoms with E-state index in [1.807, 2.05) is 0 Å². The van der Waals surface area contributed by atoms with E-state index in [0.717, 1.165) is 0 Å². The molecule has 1 aliphatic rings. The van der Waals surface area contributed by atoms with Crippen LogP contribution in [0.1, 0.15) is 6.42 Å². The lowest BCUT2D eigenvalue weighted by Crippen LogP contribution is -2.45. The minimum Gasteiger partial charge on any atom is -0.481 e. The topological polar surface area (TPSA) is 77.8 Å². The predicted octanol–water partition coefficient (Wildman–Crippen LogP) is -0.692. The molecule has 0 radical (unpaired) electrons. The number of carbonyl (C=O) groups is 1. The van der Waals surface area contributed by atoms with Crippen LogP contribution in [0.2, 0.25) is 0 Å². The van der Waals surface area contributed by atoms with Gasteiger partial charge in [0, 0.05) is 19.1 Å². The Bertz CT molecular complexity index is 157. The largest absolute Gasteiger partial charge is 0.481 e. The molecule has 4 heteroatoms. The van der Waals surface area contributed by atoms with Gasteiger partial charge < -0.3 is 15.3 Å². The van der Waals surface area contributed by atoms with Gasteiger partial charge in [-0.25, -0.2) is 0 Å². The number of rotatable bonds is 3. The Morgan fingerprint density at radius 2 is 2.00 bits per heavy atom. The van der Waals surface area contributed by atoms with E-state index in [-0.39, 0.29) is 25.0 Å². The quantitative estimate of drug-likeness (QED) is 0.510. The van der Waals surface area contributed by atoms with Crippen LogP contribution in [-0.2, 0) is 4.79 Å². The highest BCUT2D eigenvalue weighted by molar-refractivity contribution is 5.71. The average molecular weight is 160 g/mol. The average Bonchev–Trinajstić information content (AvgIpc) is 1.86. The molecular formula is C7H12O4. The first kappa shape index (κ1) is 8.49. The van der Waals surface area contributed by atoms with E-state index in [2.05, 4.69) is 0 Å². The maximum absolute atomic E-state index is 10.4. The maximum Gasteiger partial charge on any atom is 0.306 e. The van der Waals surface area contributed by atoms with Crippen molar-refractivity contribution in [2.75, 3.05) is 13.2 Å². The second-order valence-electron chi connectivity index (χ2n) is 2.97. The second-order valence-corrected chi connectivity index (χ2v) is 2.97. The molecule has 0 aromatic rings. The number of aliphatic hydroxyl groups excluding tert-OH is 2. The number of aliphatic hydroxyl groups is 2. The Labute approximate surface area is 64.5 Å². The van der Waals surface area contributed by atoms with E-state index in [4.69, 9.17) is 15.3 Å². The number of carboxylic acids is 1. The molecular weight excluding hydrogens is 148 g/mol. The van der Waals surface area contributed by atoms with Crippen LogP contribution in [0.15, 0.2) is 0 Å². The minimum absolute atomic E-state index is 0.0129. The van der Waals surface area contributed by atoms with Crippen LogP contribution in [0, 0.1) is 17.8 Å². The third-order valence-electron chi connectivity index (χ3n) is 2.44. The third kappa shape index (κ3) is 1.36. The SMILES string of the molecule is O=C(O)[C@H]1C[C@H](CO)[C@H]1CO. The first-order valence-corrected chi connectivity index (χ1v) is 3.65. The van der Waals surface area contributed by atoms with Crippen molar-refractivity contribution >= 4 is 5.97 Å². The van der Waals surface area contributed by atoms with Gasteiger partial charge in [0.25, 0.3) is 0 Å². The highest BCUT2D eigenvalue weighted by atomic mass is 16.4. The predicted molar refractivity (Wildman–Crippen MR) is 36.9 cm³/mol. The van der Waals surface area contributed by atoms with Crippen molar-refractivity contribution in [2.24, 2.45) is 17.8 Å². The normalized spacial score (nSPS) is 36.4. The summed E-state index contributed by atoms with van der Waals surface area (Å²) in [6.07, 6.45) is 0.497. The first-order chi connectivity index (χ1) is 5.20. The molecule has 1 saturated carbocycles. The smallest absolute Gasteiger partial charge is 0.306 e. The fourth-order valence-electron chi connectivity index (χ4n) is 1.58. The van der Waals surface area contributed by atoms with E-state index in [1.54, 1.807) is 0 Å². The summed E-state index contributed by atoms with van der Waals surface area (Å²) in [5.74, 6) is -1.57. The van der Waals surface area contributed by atoms with E-state index < -0.39 is 11.9 Å². The molecule has 4 nitrogen and oxygen atoms in total. The Morgan fingerprint density at radius 3 is 2.36 bits per heavy atom. The summed E-state index contributed by atoms with van der Waals surface area (Å²) in [6.45, 7) is -0.156. The van der Waals surface area contributed by atoms with Gasteiger partial charge >= 0.3 is 5.97 Å². The zero-order chi connectivity index (χ0) is 8.43. The number of hydrogen-bond donors (Lipinski definition) is 3. The first-order valence-electron chi connectivity index (χ1n) is 3.65. The zero-order valence-corrected chi connectivity index (χ0v) is 6.10. The highest BCUT2D eigenvalue weighted by Crippen LogP contribution is 2.39. The minimum atomic E-state index is -0.867. The van der Waals surface area contributed by atoms with Crippen molar-refractivity contribution in [1.29, 1.82) is 0 Å². The lowest BCUT2D eigenvalue weighted by molar-refractivity contribution is -0.154. The van der Waals surface area contributed by atoms with Crippen molar-refractivity contribution in [3.63, 3.8) is 0 Å². The van der Waals surface area contributed by atoms with Gasteiger partial charge in [-0.15, -0.1) is 0 Å². The molecule has 0 aromatic heterocycles. The summed E-state index contributed by atoms with van der Waals surface area (Å²) in [5, 5.41) is 26.0. The number of carboxylic acid groups (broad SMARTS) is 1. The number of hydrogen-bond acceptors (Lipinski definition) is 3. The molecule has 11 heavy (non-hydrogen) atoms. The van der Waals surface area contributed by atoms with Crippen molar-refractivity contribution < 1.29 is 20.1 Å². The van der Waals surface area contributed by atoms with Gasteiger partial charge in [-0.2, -0.15) is 0 Å². The van der Waals surface area contributed by atoms with E-state index in [1.165, 1.54) is 0 Å². The van der Waals surface area contributed by atoms with Gasteiger partial charge in [-0.05, 0) is 12.3 Å². The van der Waals surface area contributed by atoms with Gasteiger partial charge in [0.1, 0.15) is 0 Å². The van der Waals surface area contributed by atoms with E-state index in [0.29, 0.717) is 6.42 Å². The van der Waals surface area contributed by atoms with Crippen LogP contribution in [0.5, 0.6) is 0 Å². The maximum atomic E-state index is 10.4. The van der Waals surface area contributed by atoms with Crippen LogP contribution in [-0.4, -0.2) is 34.5 Å². The molecule has 0 unspecified atom stereocenters. The van der Waals surface area contributed by atoms with Crippen molar-refractivity contribution in [1.82, 2.24) is 0 Å². The molecule has 1 aliphatic carbocycles. The lowest BCUT2D eigenvalue weighted by atomic mass is 9.65. The highest BCUT2D eigenvalue weighted by Gasteiger charge is 2.44. The Balaban J connectivity index is 2.45. The Kier molecular flexibility index (Phi) is 2.46. The summed E-state index contributed by atoms with van der Waals surface area (Å²) in [4.78, 5) is 10.4. The van der Waals surface area contributed by atoms with E-state index in [9.17, 15) is 4.79 Å². The van der Waals surface area contributed by atoms with Crippen molar-refractivity contribution in [3.05, 3.63) is 0 Å². The fourth-order valence-corrected chi connectivity index (χ4v) is 1.58. The molecule has 0 aliphatic heterocycles. The summed E-state index contributed by atoms with van der Waals surface area (Å²) < 4.78 is 0. The molecule has 0 saturated heterocycles. The fraction of sp³-hybridized carbons (Fsp3) is 0.857. The number of aliphatic carboxylic acids is 1. The van der Waals surface area contributed by atoms with Gasteiger partial charge in [0.05, 0.1) is 5.92 Å². The molecule has 3 atom stereocenters. The Hall–Kier alpha value is -0.610. The second kappa shape index (κ2) is 3.19. The molecule has 0 amide bonds. The summed E-state index contributed by atoms with van der Waals surface area (Å²) in [7, 11) is 0. The molecule has 1 rings (SSSR count). The Morgan fingerprint density at radius 1 is 1.36 bits per heavy atom. The van der Waals surface area contributed by atoms with Crippen molar-refractivity contribution in [2.45, 2.75) is 6.42 Å². The van der Waals surface area contributed by atoms with Gasteiger partial charge in [-0.3, -0.25) is 4.79 Å². The summed E-state index contributed by atoms with van der Waals surface area (Å²) in [6, 6.07) is 0. The molecule has 0 aromatic carbocycles. The van der Waals surface area contributed by atoms with Crippen LogP contribution in [0.3, 0.4) is 0 Å². The lowest BCUT2D eigenvalue weighted by Gasteiger charge is -2.40. The molecule has 0 bridgehead atoms. The summed E-state index contributed by atoms with van der Waals surface area (Å²) in [5.41, 5.74) is 0. The van der Waals surface area contributed by atoms with Crippen LogP contribution >= 0.6 is 0 Å². The van der Waals surface area contributed by atoms with Gasteiger partial charge in [0.15, 0.2) is 0 Å². The summed E-state index contributed by atoms with van der Waals surface area (Å²) >= 11 is 0. The van der Waals surface area contributed by atoms with Crippen molar-refractivity contribution in [3.8, 4) is 0 Å². The van der Waals surface area contributed by atoms with Gasteiger partial charge in [0.2, 0.25) is 0 Å². The van der Waals surface area contributed by atoms with Gasteiger partial charge in [-0.1, -0.05) is 0 Å².